The van der Waals surface area contributed by atoms with Gasteiger partial charge in [0.05, 0.1) is 10.2 Å². The Morgan fingerprint density at radius 2 is 1.92 bits per heavy atom. The second kappa shape index (κ2) is 8.45. The highest BCUT2D eigenvalue weighted by atomic mass is 35.5. The Bertz CT molecular complexity index is 827. The molecule has 1 aromatic carbocycles. The van der Waals surface area contributed by atoms with E-state index in [1.807, 2.05) is 46.7 Å². The molecule has 3 aromatic rings. The van der Waals surface area contributed by atoms with Crippen molar-refractivity contribution in [2.75, 3.05) is 32.7 Å². The Balaban J connectivity index is 0.00000196. The van der Waals surface area contributed by atoms with Crippen molar-refractivity contribution in [2.24, 2.45) is 0 Å². The molecule has 2 aromatic heterocycles. The third-order valence-corrected chi connectivity index (χ3v) is 6.44. The van der Waals surface area contributed by atoms with Crippen LogP contribution in [0.25, 0.3) is 10.2 Å². The topological polar surface area (TPSA) is 56.7 Å². The third kappa shape index (κ3) is 4.07. The van der Waals surface area contributed by atoms with Gasteiger partial charge in [0, 0.05) is 37.6 Å². The van der Waals surface area contributed by atoms with E-state index >= 15 is 0 Å². The van der Waals surface area contributed by atoms with Gasteiger partial charge >= 0.3 is 0 Å². The van der Waals surface area contributed by atoms with Crippen LogP contribution in [0.2, 0.25) is 0 Å². The predicted octanol–water partition coefficient (Wildman–Crippen LogP) is 3.27. The van der Waals surface area contributed by atoms with Crippen LogP contribution >= 0.6 is 35.1 Å². The first-order valence-corrected chi connectivity index (χ1v) is 9.99. The summed E-state index contributed by atoms with van der Waals surface area (Å²) in [6, 6.07) is 11.8. The normalized spacial score (nSPS) is 16.4. The van der Waals surface area contributed by atoms with Crippen molar-refractivity contribution in [3.05, 3.63) is 51.7 Å². The SMILES string of the molecule is Cl.O=C(c1nc2ccccc2s1)N1CCN(CC(O)c2cccs2)CC1. The van der Waals surface area contributed by atoms with Gasteiger partial charge in [0.2, 0.25) is 0 Å². The minimum Gasteiger partial charge on any atom is -0.386 e. The van der Waals surface area contributed by atoms with Crippen LogP contribution in [-0.2, 0) is 0 Å². The highest BCUT2D eigenvalue weighted by Gasteiger charge is 2.25. The van der Waals surface area contributed by atoms with Crippen molar-refractivity contribution in [3.63, 3.8) is 0 Å². The van der Waals surface area contributed by atoms with E-state index in [0.717, 1.165) is 28.2 Å². The van der Waals surface area contributed by atoms with Crippen LogP contribution in [0.1, 0.15) is 20.8 Å². The number of fused-ring (bicyclic) bond motifs is 1. The maximum Gasteiger partial charge on any atom is 0.282 e. The van der Waals surface area contributed by atoms with Crippen molar-refractivity contribution in [2.45, 2.75) is 6.10 Å². The molecule has 0 bridgehead atoms. The number of thiazole rings is 1. The number of aromatic nitrogens is 1. The number of nitrogens with zero attached hydrogens (tertiary/aromatic N) is 3. The molecule has 5 nitrogen and oxygen atoms in total. The fourth-order valence-electron chi connectivity index (χ4n) is 3.05. The summed E-state index contributed by atoms with van der Waals surface area (Å²) in [5, 5.41) is 12.8. The van der Waals surface area contributed by atoms with Gasteiger partial charge in [-0.2, -0.15) is 0 Å². The van der Waals surface area contributed by atoms with Gasteiger partial charge in [-0.3, -0.25) is 9.69 Å². The number of β-amino-alcohol motifs (C(OH)–C–C–N with tert-alkyl or cyclic N) is 1. The minimum absolute atomic E-state index is 0. The number of piperazine rings is 1. The second-order valence-electron chi connectivity index (χ2n) is 6.11. The molecule has 1 N–H and O–H groups in total. The van der Waals surface area contributed by atoms with E-state index in [1.54, 1.807) is 11.3 Å². The molecule has 1 aliphatic rings. The number of benzene rings is 1. The van der Waals surface area contributed by atoms with E-state index < -0.39 is 6.10 Å². The summed E-state index contributed by atoms with van der Waals surface area (Å²) in [6.45, 7) is 3.51. The monoisotopic (exact) mass is 409 g/mol. The van der Waals surface area contributed by atoms with E-state index in [9.17, 15) is 9.90 Å². The van der Waals surface area contributed by atoms with Gasteiger partial charge in [0.25, 0.3) is 5.91 Å². The molecule has 1 aliphatic heterocycles. The summed E-state index contributed by atoms with van der Waals surface area (Å²) in [5.74, 6) is 0.0136. The Hall–Kier alpha value is -1.51. The lowest BCUT2D eigenvalue weighted by Gasteiger charge is -2.35. The summed E-state index contributed by atoms with van der Waals surface area (Å²) >= 11 is 3.03. The molecule has 1 unspecified atom stereocenters. The number of rotatable bonds is 4. The van der Waals surface area contributed by atoms with Gasteiger partial charge in [-0.1, -0.05) is 18.2 Å². The van der Waals surface area contributed by atoms with Gasteiger partial charge in [-0.05, 0) is 23.6 Å². The molecule has 4 rings (SSSR count). The van der Waals surface area contributed by atoms with E-state index in [1.165, 1.54) is 11.3 Å². The van der Waals surface area contributed by atoms with Crippen molar-refractivity contribution in [1.29, 1.82) is 0 Å². The maximum atomic E-state index is 12.7. The van der Waals surface area contributed by atoms with Crippen LogP contribution < -0.4 is 0 Å². The number of carbonyl (C=O) groups excluding carboxylic acids is 1. The first-order valence-electron chi connectivity index (χ1n) is 8.29. The molecule has 8 heteroatoms. The van der Waals surface area contributed by atoms with Crippen LogP contribution in [0, 0.1) is 0 Å². The highest BCUT2D eigenvalue weighted by molar-refractivity contribution is 7.20. The third-order valence-electron chi connectivity index (χ3n) is 4.44. The number of hydrogen-bond donors (Lipinski definition) is 1. The van der Waals surface area contributed by atoms with Crippen LogP contribution in [0.15, 0.2) is 41.8 Å². The van der Waals surface area contributed by atoms with E-state index in [-0.39, 0.29) is 18.3 Å². The standard InChI is InChI=1S/C18H19N3O2S2.ClH/c22-14(16-6-3-11-24-16)12-20-7-9-21(10-8-20)18(23)17-19-13-4-1-2-5-15(13)25-17;/h1-6,11,14,22H,7-10,12H2;1H. The summed E-state index contributed by atoms with van der Waals surface area (Å²) in [4.78, 5) is 22.2. The molecule has 3 heterocycles. The zero-order chi connectivity index (χ0) is 17.2. The fourth-order valence-corrected chi connectivity index (χ4v) is 4.68. The van der Waals surface area contributed by atoms with Crippen LogP contribution in [0.5, 0.6) is 0 Å². The van der Waals surface area contributed by atoms with Gasteiger partial charge < -0.3 is 10.0 Å². The van der Waals surface area contributed by atoms with Gasteiger partial charge in [0.15, 0.2) is 5.01 Å². The predicted molar refractivity (Wildman–Crippen MR) is 108 cm³/mol. The molecular formula is C18H20ClN3O2S2. The van der Waals surface area contributed by atoms with E-state index in [4.69, 9.17) is 0 Å². The van der Waals surface area contributed by atoms with Crippen LogP contribution in [-0.4, -0.2) is 58.5 Å². The zero-order valence-corrected chi connectivity index (χ0v) is 16.5. The Labute approximate surface area is 166 Å². The van der Waals surface area contributed by atoms with E-state index in [2.05, 4.69) is 9.88 Å². The summed E-state index contributed by atoms with van der Waals surface area (Å²) in [6.07, 6.45) is -0.452. The lowest BCUT2D eigenvalue weighted by molar-refractivity contribution is 0.0532. The molecule has 1 atom stereocenters. The Kier molecular flexibility index (Phi) is 6.26. The maximum absolute atomic E-state index is 12.7. The number of aliphatic hydroxyl groups excluding tert-OH is 1. The average Bonchev–Trinajstić information content (AvgIpc) is 3.31. The molecule has 26 heavy (non-hydrogen) atoms. The molecule has 138 valence electrons. The quantitative estimate of drug-likeness (QED) is 0.718. The molecule has 0 spiro atoms. The average molecular weight is 410 g/mol. The number of halogens is 1. The fraction of sp³-hybridized carbons (Fsp3) is 0.333. The van der Waals surface area contributed by atoms with Crippen molar-refractivity contribution < 1.29 is 9.90 Å². The molecule has 0 radical (unpaired) electrons. The molecule has 1 fully saturated rings. The first-order chi connectivity index (χ1) is 12.2. The van der Waals surface area contributed by atoms with Crippen LogP contribution in [0.4, 0.5) is 0 Å². The Morgan fingerprint density at radius 1 is 1.15 bits per heavy atom. The number of amides is 1. The Morgan fingerprint density at radius 3 is 2.62 bits per heavy atom. The largest absolute Gasteiger partial charge is 0.386 e. The number of hydrogen-bond acceptors (Lipinski definition) is 6. The van der Waals surface area contributed by atoms with Crippen molar-refractivity contribution >= 4 is 51.2 Å². The van der Waals surface area contributed by atoms with Crippen molar-refractivity contribution in [1.82, 2.24) is 14.8 Å². The number of aliphatic hydroxyl groups is 1. The molecule has 0 aliphatic carbocycles. The number of carbonyl (C=O) groups is 1. The van der Waals surface area contributed by atoms with Gasteiger partial charge in [0.1, 0.15) is 6.10 Å². The molecule has 1 saturated heterocycles. The van der Waals surface area contributed by atoms with Gasteiger partial charge in [-0.15, -0.1) is 35.1 Å². The summed E-state index contributed by atoms with van der Waals surface area (Å²) < 4.78 is 1.04. The smallest absolute Gasteiger partial charge is 0.282 e. The summed E-state index contributed by atoms with van der Waals surface area (Å²) in [5.41, 5.74) is 0.883. The molecule has 0 saturated carbocycles. The molecule has 1 amide bonds. The number of para-hydroxylation sites is 1. The highest BCUT2D eigenvalue weighted by Crippen LogP contribution is 2.24. The second-order valence-corrected chi connectivity index (χ2v) is 8.12. The lowest BCUT2D eigenvalue weighted by atomic mass is 10.2. The minimum atomic E-state index is -0.452. The lowest BCUT2D eigenvalue weighted by Crippen LogP contribution is -2.49. The van der Waals surface area contributed by atoms with Gasteiger partial charge in [-0.25, -0.2) is 4.98 Å². The first kappa shape index (κ1) is 19.3. The molecular weight excluding hydrogens is 390 g/mol. The van der Waals surface area contributed by atoms with Crippen LogP contribution in [0.3, 0.4) is 0 Å². The van der Waals surface area contributed by atoms with Crippen molar-refractivity contribution in [3.8, 4) is 0 Å². The zero-order valence-electron chi connectivity index (χ0n) is 14.1. The number of thiophene rings is 1. The summed E-state index contributed by atoms with van der Waals surface area (Å²) in [7, 11) is 0. The van der Waals surface area contributed by atoms with E-state index in [0.29, 0.717) is 24.6 Å².